The highest BCUT2D eigenvalue weighted by molar-refractivity contribution is 5.84. The molecular formula is C17H20O3. The third kappa shape index (κ3) is 2.67. The summed E-state index contributed by atoms with van der Waals surface area (Å²) >= 11 is 0. The summed E-state index contributed by atoms with van der Waals surface area (Å²) in [4.78, 5) is 23.3. The van der Waals surface area contributed by atoms with Gasteiger partial charge in [-0.2, -0.15) is 0 Å². The van der Waals surface area contributed by atoms with Gasteiger partial charge in [-0.25, -0.2) is 4.79 Å². The Bertz CT molecular complexity index is 730. The number of hydrogen-bond donors (Lipinski definition) is 0. The van der Waals surface area contributed by atoms with Gasteiger partial charge in [0.1, 0.15) is 11.4 Å². The van der Waals surface area contributed by atoms with E-state index in [1.807, 2.05) is 25.1 Å². The Labute approximate surface area is 118 Å². The van der Waals surface area contributed by atoms with Gasteiger partial charge in [-0.3, -0.25) is 4.79 Å². The van der Waals surface area contributed by atoms with Crippen LogP contribution in [0.2, 0.25) is 0 Å². The lowest BCUT2D eigenvalue weighted by atomic mass is 9.86. The maximum Gasteiger partial charge on any atom is 0.340 e. The molecule has 3 nitrogen and oxygen atoms in total. The summed E-state index contributed by atoms with van der Waals surface area (Å²) in [6.45, 7) is 9.69. The lowest BCUT2D eigenvalue weighted by Gasteiger charge is -2.19. The average molecular weight is 272 g/mol. The van der Waals surface area contributed by atoms with Crippen LogP contribution in [0.25, 0.3) is 11.0 Å². The predicted octanol–water partition coefficient (Wildman–Crippen LogP) is 3.53. The molecule has 0 aliphatic heterocycles. The Morgan fingerprint density at radius 1 is 1.25 bits per heavy atom. The zero-order valence-corrected chi connectivity index (χ0v) is 12.7. The number of carbonyl (C=O) groups is 1. The fourth-order valence-electron chi connectivity index (χ4n) is 2.31. The minimum atomic E-state index is -0.406. The van der Waals surface area contributed by atoms with Crippen molar-refractivity contribution in [2.24, 2.45) is 0 Å². The van der Waals surface area contributed by atoms with Gasteiger partial charge in [-0.05, 0) is 36.5 Å². The van der Waals surface area contributed by atoms with Crippen molar-refractivity contribution in [3.05, 3.63) is 45.3 Å². The number of benzene rings is 1. The van der Waals surface area contributed by atoms with Crippen LogP contribution in [-0.4, -0.2) is 5.78 Å². The van der Waals surface area contributed by atoms with Gasteiger partial charge < -0.3 is 4.42 Å². The van der Waals surface area contributed by atoms with E-state index in [-0.39, 0.29) is 17.6 Å². The number of fused-ring (bicyclic) bond motifs is 1. The number of Topliss-reactive ketones (excluding diaryl/α,β-unsaturated/α-hetero) is 1. The van der Waals surface area contributed by atoms with Crippen molar-refractivity contribution in [1.82, 2.24) is 0 Å². The smallest absolute Gasteiger partial charge is 0.340 e. The van der Waals surface area contributed by atoms with E-state index in [1.54, 1.807) is 0 Å². The summed E-state index contributed by atoms with van der Waals surface area (Å²) in [5.41, 5.74) is 2.61. The molecule has 0 unspecified atom stereocenters. The first kappa shape index (κ1) is 14.5. The molecule has 0 saturated carbocycles. The minimum absolute atomic E-state index is 0.00127. The average Bonchev–Trinajstić information content (AvgIpc) is 2.32. The van der Waals surface area contributed by atoms with Crippen LogP contribution in [-0.2, 0) is 16.6 Å². The van der Waals surface area contributed by atoms with Crippen LogP contribution in [0.15, 0.2) is 27.4 Å². The van der Waals surface area contributed by atoms with Gasteiger partial charge in [-0.1, -0.05) is 32.9 Å². The maximum absolute atomic E-state index is 12.0. The Hall–Kier alpha value is -1.90. The van der Waals surface area contributed by atoms with Crippen LogP contribution in [0.3, 0.4) is 0 Å². The molecule has 2 aromatic rings. The van der Waals surface area contributed by atoms with Gasteiger partial charge in [0.15, 0.2) is 0 Å². The van der Waals surface area contributed by atoms with Crippen molar-refractivity contribution in [3.63, 3.8) is 0 Å². The van der Waals surface area contributed by atoms with E-state index in [2.05, 4.69) is 20.8 Å². The van der Waals surface area contributed by atoms with Crippen molar-refractivity contribution in [2.75, 3.05) is 0 Å². The lowest BCUT2D eigenvalue weighted by Crippen LogP contribution is -2.15. The molecule has 1 heterocycles. The van der Waals surface area contributed by atoms with Gasteiger partial charge in [-0.15, -0.1) is 0 Å². The zero-order chi connectivity index (χ0) is 15.1. The SMILES string of the molecule is CC(=O)Cc1c(C)c2ccc(C(C)(C)C)cc2oc1=O. The number of rotatable bonds is 2. The molecule has 1 aromatic carbocycles. The van der Waals surface area contributed by atoms with Crippen LogP contribution in [0.4, 0.5) is 0 Å². The number of hydrogen-bond acceptors (Lipinski definition) is 3. The van der Waals surface area contributed by atoms with E-state index >= 15 is 0 Å². The van der Waals surface area contributed by atoms with E-state index in [0.29, 0.717) is 11.1 Å². The van der Waals surface area contributed by atoms with Crippen molar-refractivity contribution >= 4 is 16.8 Å². The van der Waals surface area contributed by atoms with E-state index in [0.717, 1.165) is 16.5 Å². The predicted molar refractivity (Wildman–Crippen MR) is 80.3 cm³/mol. The van der Waals surface area contributed by atoms with Crippen molar-refractivity contribution < 1.29 is 9.21 Å². The first-order valence-corrected chi connectivity index (χ1v) is 6.76. The highest BCUT2D eigenvalue weighted by Crippen LogP contribution is 2.27. The van der Waals surface area contributed by atoms with Crippen LogP contribution >= 0.6 is 0 Å². The van der Waals surface area contributed by atoms with Crippen LogP contribution in [0, 0.1) is 6.92 Å². The first-order chi connectivity index (χ1) is 9.20. The zero-order valence-electron chi connectivity index (χ0n) is 12.7. The Balaban J connectivity index is 2.70. The standard InChI is InChI=1S/C17H20O3/c1-10(18)8-14-11(2)13-7-6-12(17(3,4)5)9-15(13)20-16(14)19/h6-7,9H,8H2,1-5H3. The van der Waals surface area contributed by atoms with Crippen molar-refractivity contribution in [3.8, 4) is 0 Å². The molecule has 0 fully saturated rings. The van der Waals surface area contributed by atoms with Crippen LogP contribution in [0.1, 0.15) is 44.4 Å². The van der Waals surface area contributed by atoms with E-state index in [9.17, 15) is 9.59 Å². The number of carbonyl (C=O) groups excluding carboxylic acids is 1. The van der Waals surface area contributed by atoms with E-state index in [4.69, 9.17) is 4.42 Å². The summed E-state index contributed by atoms with van der Waals surface area (Å²) in [5, 5.41) is 0.897. The molecule has 0 bridgehead atoms. The second kappa shape index (κ2) is 4.89. The second-order valence-electron chi connectivity index (χ2n) is 6.33. The van der Waals surface area contributed by atoms with Crippen LogP contribution < -0.4 is 5.63 Å². The molecule has 106 valence electrons. The molecule has 0 amide bonds. The van der Waals surface area contributed by atoms with Crippen LogP contribution in [0.5, 0.6) is 0 Å². The minimum Gasteiger partial charge on any atom is -0.422 e. The summed E-state index contributed by atoms with van der Waals surface area (Å²) in [5.74, 6) is -0.0361. The quantitative estimate of drug-likeness (QED) is 0.786. The molecule has 3 heteroatoms. The maximum atomic E-state index is 12.0. The highest BCUT2D eigenvalue weighted by Gasteiger charge is 2.17. The second-order valence-corrected chi connectivity index (χ2v) is 6.33. The molecule has 2 rings (SSSR count). The van der Waals surface area contributed by atoms with Gasteiger partial charge in [0.05, 0.1) is 0 Å². The molecule has 0 N–H and O–H groups in total. The Morgan fingerprint density at radius 3 is 2.45 bits per heavy atom. The van der Waals surface area contributed by atoms with Crippen molar-refractivity contribution in [2.45, 2.75) is 46.5 Å². The molecule has 20 heavy (non-hydrogen) atoms. The number of ketones is 1. The lowest BCUT2D eigenvalue weighted by molar-refractivity contribution is -0.116. The molecule has 1 aromatic heterocycles. The van der Waals surface area contributed by atoms with E-state index in [1.165, 1.54) is 6.92 Å². The summed E-state index contributed by atoms with van der Waals surface area (Å²) < 4.78 is 5.40. The fraction of sp³-hybridized carbons (Fsp3) is 0.412. The molecule has 0 atom stereocenters. The third-order valence-electron chi connectivity index (χ3n) is 3.58. The number of aryl methyl sites for hydroxylation is 1. The highest BCUT2D eigenvalue weighted by atomic mass is 16.4. The van der Waals surface area contributed by atoms with Gasteiger partial charge in [0.25, 0.3) is 0 Å². The third-order valence-corrected chi connectivity index (χ3v) is 3.58. The monoisotopic (exact) mass is 272 g/mol. The normalized spacial score (nSPS) is 11.8. The van der Waals surface area contributed by atoms with Gasteiger partial charge in [0, 0.05) is 17.4 Å². The summed E-state index contributed by atoms with van der Waals surface area (Å²) in [6.07, 6.45) is 0.130. The summed E-state index contributed by atoms with van der Waals surface area (Å²) in [6, 6.07) is 5.94. The molecular weight excluding hydrogens is 252 g/mol. The Kier molecular flexibility index (Phi) is 3.55. The molecule has 0 aliphatic rings. The first-order valence-electron chi connectivity index (χ1n) is 6.76. The molecule has 0 radical (unpaired) electrons. The fourth-order valence-corrected chi connectivity index (χ4v) is 2.31. The summed E-state index contributed by atoms with van der Waals surface area (Å²) in [7, 11) is 0. The van der Waals surface area contributed by atoms with Gasteiger partial charge in [0.2, 0.25) is 0 Å². The Morgan fingerprint density at radius 2 is 1.90 bits per heavy atom. The van der Waals surface area contributed by atoms with Crippen molar-refractivity contribution in [1.29, 1.82) is 0 Å². The largest absolute Gasteiger partial charge is 0.422 e. The molecule has 0 aliphatic carbocycles. The molecule has 0 spiro atoms. The topological polar surface area (TPSA) is 47.3 Å². The molecule has 0 saturated heterocycles. The van der Waals surface area contributed by atoms with E-state index < -0.39 is 5.63 Å². The van der Waals surface area contributed by atoms with Gasteiger partial charge >= 0.3 is 5.63 Å².